The van der Waals surface area contributed by atoms with Crippen LogP contribution >= 0.6 is 11.3 Å². The molecule has 6 heteroatoms. The molecule has 0 amide bonds. The zero-order valence-corrected chi connectivity index (χ0v) is 12.1. The summed E-state index contributed by atoms with van der Waals surface area (Å²) in [6, 6.07) is 3.92. The van der Waals surface area contributed by atoms with E-state index in [-0.39, 0.29) is 11.9 Å². The number of rotatable bonds is 5. The highest BCUT2D eigenvalue weighted by Gasteiger charge is 2.26. The second kappa shape index (κ2) is 5.97. The molecule has 0 radical (unpaired) electrons. The second-order valence-electron chi connectivity index (χ2n) is 4.11. The lowest BCUT2D eigenvalue weighted by molar-refractivity contribution is -0.145. The number of carbonyl (C=O) groups is 1. The van der Waals surface area contributed by atoms with Gasteiger partial charge in [-0.1, -0.05) is 13.0 Å². The molecule has 0 saturated carbocycles. The van der Waals surface area contributed by atoms with E-state index in [9.17, 15) is 4.79 Å². The van der Waals surface area contributed by atoms with Crippen molar-refractivity contribution in [1.29, 1.82) is 0 Å². The normalized spacial score (nSPS) is 12.4. The minimum atomic E-state index is -0.355. The molecule has 0 spiro atoms. The van der Waals surface area contributed by atoms with Gasteiger partial charge in [-0.15, -0.1) is 11.3 Å². The second-order valence-corrected chi connectivity index (χ2v) is 5.06. The summed E-state index contributed by atoms with van der Waals surface area (Å²) in [7, 11) is 1.81. The van der Waals surface area contributed by atoms with E-state index in [0.717, 1.165) is 4.88 Å². The van der Waals surface area contributed by atoms with Gasteiger partial charge in [-0.2, -0.15) is 5.10 Å². The van der Waals surface area contributed by atoms with Gasteiger partial charge in [0.2, 0.25) is 0 Å². The maximum absolute atomic E-state index is 11.9. The highest BCUT2D eigenvalue weighted by Crippen LogP contribution is 2.25. The molecule has 1 atom stereocenters. The number of nitrogens with zero attached hydrogens (tertiary/aromatic N) is 3. The van der Waals surface area contributed by atoms with Crippen LogP contribution in [0.4, 0.5) is 0 Å². The van der Waals surface area contributed by atoms with Crippen molar-refractivity contribution in [2.45, 2.75) is 26.2 Å². The van der Waals surface area contributed by atoms with E-state index >= 15 is 0 Å². The van der Waals surface area contributed by atoms with Crippen LogP contribution in [0, 0.1) is 0 Å². The van der Waals surface area contributed by atoms with Crippen molar-refractivity contribution >= 4 is 17.3 Å². The molecule has 0 bridgehead atoms. The molecular formula is C13H17N3O2S. The molecule has 2 rings (SSSR count). The monoisotopic (exact) mass is 279 g/mol. The highest BCUT2D eigenvalue weighted by atomic mass is 32.1. The van der Waals surface area contributed by atoms with Gasteiger partial charge in [0, 0.05) is 7.05 Å². The maximum atomic E-state index is 11.9. The average molecular weight is 279 g/mol. The smallest absolute Gasteiger partial charge is 0.316 e. The third kappa shape index (κ3) is 2.84. The van der Waals surface area contributed by atoms with Crippen LogP contribution in [0.15, 0.2) is 17.5 Å². The van der Waals surface area contributed by atoms with Gasteiger partial charge in [-0.05, 0) is 24.8 Å². The molecular weight excluding hydrogens is 262 g/mol. The van der Waals surface area contributed by atoms with Crippen LogP contribution in [0.25, 0.3) is 10.7 Å². The Morgan fingerprint density at radius 2 is 2.32 bits per heavy atom. The molecule has 0 aliphatic carbocycles. The summed E-state index contributed by atoms with van der Waals surface area (Å²) in [6.07, 6.45) is 0.648. The van der Waals surface area contributed by atoms with Gasteiger partial charge in [0.15, 0.2) is 5.82 Å². The number of esters is 1. The van der Waals surface area contributed by atoms with Crippen molar-refractivity contribution in [3.8, 4) is 10.7 Å². The van der Waals surface area contributed by atoms with E-state index in [1.54, 1.807) is 30.0 Å². The highest BCUT2D eigenvalue weighted by molar-refractivity contribution is 7.13. The van der Waals surface area contributed by atoms with Crippen LogP contribution < -0.4 is 0 Å². The third-order valence-electron chi connectivity index (χ3n) is 2.83. The molecule has 0 fully saturated rings. The quantitative estimate of drug-likeness (QED) is 0.789. The van der Waals surface area contributed by atoms with Crippen molar-refractivity contribution in [2.75, 3.05) is 6.61 Å². The average Bonchev–Trinajstić information content (AvgIpc) is 3.01. The van der Waals surface area contributed by atoms with Gasteiger partial charge >= 0.3 is 5.97 Å². The van der Waals surface area contributed by atoms with Gasteiger partial charge in [-0.3, -0.25) is 9.48 Å². The molecule has 102 valence electrons. The van der Waals surface area contributed by atoms with Gasteiger partial charge in [0.05, 0.1) is 11.5 Å². The summed E-state index contributed by atoms with van der Waals surface area (Å²) in [5, 5.41) is 6.35. The van der Waals surface area contributed by atoms with Crippen molar-refractivity contribution in [3.63, 3.8) is 0 Å². The molecule has 0 N–H and O–H groups in total. The Hall–Kier alpha value is -1.69. The first-order valence-corrected chi connectivity index (χ1v) is 7.16. The fourth-order valence-electron chi connectivity index (χ4n) is 1.91. The lowest BCUT2D eigenvalue weighted by atomic mass is 10.1. The first-order chi connectivity index (χ1) is 9.17. The third-order valence-corrected chi connectivity index (χ3v) is 3.70. The van der Waals surface area contributed by atoms with E-state index in [4.69, 9.17) is 4.74 Å². The van der Waals surface area contributed by atoms with Crippen molar-refractivity contribution in [3.05, 3.63) is 23.3 Å². The van der Waals surface area contributed by atoms with Crippen molar-refractivity contribution in [2.24, 2.45) is 7.05 Å². The standard InChI is InChI=1S/C13H17N3O2S/c1-4-9(13(17)18-5-2)12-14-11(15-16(12)3)10-7-6-8-19-10/h6-9H,4-5H2,1-3H3. The van der Waals surface area contributed by atoms with E-state index < -0.39 is 0 Å². The minimum Gasteiger partial charge on any atom is -0.465 e. The molecule has 5 nitrogen and oxygen atoms in total. The minimum absolute atomic E-state index is 0.238. The number of hydrogen-bond donors (Lipinski definition) is 0. The predicted molar refractivity (Wildman–Crippen MR) is 74.0 cm³/mol. The predicted octanol–water partition coefficient (Wildman–Crippen LogP) is 2.60. The fourth-order valence-corrected chi connectivity index (χ4v) is 2.56. The SMILES string of the molecule is CCOC(=O)C(CC)c1nc(-c2cccs2)nn1C. The van der Waals surface area contributed by atoms with Crippen LogP contribution in [0.1, 0.15) is 32.0 Å². The molecule has 2 aromatic rings. The molecule has 0 saturated heterocycles. The largest absolute Gasteiger partial charge is 0.465 e. The summed E-state index contributed by atoms with van der Waals surface area (Å²) in [5.41, 5.74) is 0. The van der Waals surface area contributed by atoms with Crippen molar-refractivity contribution < 1.29 is 9.53 Å². The Balaban J connectivity index is 2.31. The first kappa shape index (κ1) is 13.7. The van der Waals surface area contributed by atoms with Crippen LogP contribution in [0.2, 0.25) is 0 Å². The topological polar surface area (TPSA) is 57.0 Å². The zero-order valence-electron chi connectivity index (χ0n) is 11.3. The fraction of sp³-hybridized carbons (Fsp3) is 0.462. The summed E-state index contributed by atoms with van der Waals surface area (Å²) >= 11 is 1.58. The van der Waals surface area contributed by atoms with Crippen molar-refractivity contribution in [1.82, 2.24) is 14.8 Å². The number of hydrogen-bond acceptors (Lipinski definition) is 5. The lowest BCUT2D eigenvalue weighted by Gasteiger charge is -2.11. The molecule has 2 heterocycles. The summed E-state index contributed by atoms with van der Waals surface area (Å²) in [6.45, 7) is 4.13. The molecule has 0 aliphatic heterocycles. The Morgan fingerprint density at radius 1 is 1.53 bits per heavy atom. The number of aryl methyl sites for hydroxylation is 1. The van der Waals surface area contributed by atoms with E-state index in [0.29, 0.717) is 24.7 Å². The Labute approximate surface area is 116 Å². The van der Waals surface area contributed by atoms with Crippen LogP contribution in [0.5, 0.6) is 0 Å². The van der Waals surface area contributed by atoms with Gasteiger partial charge in [-0.25, -0.2) is 4.98 Å². The van der Waals surface area contributed by atoms with Gasteiger partial charge < -0.3 is 4.74 Å². The van der Waals surface area contributed by atoms with E-state index in [1.165, 1.54) is 0 Å². The first-order valence-electron chi connectivity index (χ1n) is 6.28. The Bertz CT molecular complexity index is 548. The van der Waals surface area contributed by atoms with Gasteiger partial charge in [0.1, 0.15) is 11.7 Å². The summed E-state index contributed by atoms with van der Waals surface area (Å²) in [4.78, 5) is 17.4. The van der Waals surface area contributed by atoms with Crippen LogP contribution in [0.3, 0.4) is 0 Å². The lowest BCUT2D eigenvalue weighted by Crippen LogP contribution is -2.19. The Kier molecular flexibility index (Phi) is 4.31. The molecule has 0 aliphatic rings. The van der Waals surface area contributed by atoms with E-state index in [2.05, 4.69) is 10.1 Å². The molecule has 0 aromatic carbocycles. The van der Waals surface area contributed by atoms with E-state index in [1.807, 2.05) is 24.4 Å². The van der Waals surface area contributed by atoms with Crippen LogP contribution in [-0.2, 0) is 16.6 Å². The molecule has 1 unspecified atom stereocenters. The van der Waals surface area contributed by atoms with Crippen LogP contribution in [-0.4, -0.2) is 27.3 Å². The Morgan fingerprint density at radius 3 is 2.89 bits per heavy atom. The number of ether oxygens (including phenoxy) is 1. The summed E-state index contributed by atoms with van der Waals surface area (Å²) < 4.78 is 6.75. The number of carbonyl (C=O) groups excluding carboxylic acids is 1. The zero-order chi connectivity index (χ0) is 13.8. The molecule has 2 aromatic heterocycles. The maximum Gasteiger partial charge on any atom is 0.316 e. The number of aromatic nitrogens is 3. The summed E-state index contributed by atoms with van der Waals surface area (Å²) in [5.74, 6) is 0.726. The number of thiophene rings is 1. The van der Waals surface area contributed by atoms with Gasteiger partial charge in [0.25, 0.3) is 0 Å². The molecule has 19 heavy (non-hydrogen) atoms.